The monoisotopic (exact) mass is 419 g/mol. The molecule has 2 aromatic heterocycles. The maximum atomic E-state index is 6.31. The van der Waals surface area contributed by atoms with Gasteiger partial charge < -0.3 is 4.90 Å². The van der Waals surface area contributed by atoms with E-state index < -0.39 is 0 Å². The van der Waals surface area contributed by atoms with Crippen LogP contribution in [0.5, 0.6) is 0 Å². The molecule has 1 aliphatic heterocycles. The molecule has 132 valence electrons. The maximum absolute atomic E-state index is 6.31. The van der Waals surface area contributed by atoms with Gasteiger partial charge in [0.1, 0.15) is 5.52 Å². The second-order valence-corrected chi connectivity index (χ2v) is 9.34. The third-order valence-corrected chi connectivity index (χ3v) is 7.94. The summed E-state index contributed by atoms with van der Waals surface area (Å²) in [5.41, 5.74) is 1.93. The SMILES string of the molecule is Clc1ccc(Cl)c2sc(N3CCC(c4nc5ccccc5s4)CC3)nc12. The average Bonchev–Trinajstić information content (AvgIpc) is 3.30. The summed E-state index contributed by atoms with van der Waals surface area (Å²) in [5.74, 6) is 0.533. The molecule has 0 amide bonds. The summed E-state index contributed by atoms with van der Waals surface area (Å²) in [7, 11) is 0. The zero-order valence-corrected chi connectivity index (χ0v) is 16.9. The Balaban J connectivity index is 1.37. The van der Waals surface area contributed by atoms with Crippen molar-refractivity contribution in [1.82, 2.24) is 9.97 Å². The van der Waals surface area contributed by atoms with Gasteiger partial charge in [-0.05, 0) is 37.1 Å². The number of fused-ring (bicyclic) bond motifs is 2. The van der Waals surface area contributed by atoms with Gasteiger partial charge in [-0.15, -0.1) is 11.3 Å². The molecule has 0 N–H and O–H groups in total. The molecule has 2 aromatic carbocycles. The van der Waals surface area contributed by atoms with Gasteiger partial charge in [-0.3, -0.25) is 0 Å². The minimum Gasteiger partial charge on any atom is -0.348 e. The number of halogens is 2. The normalized spacial score (nSPS) is 16.0. The largest absolute Gasteiger partial charge is 0.348 e. The van der Waals surface area contributed by atoms with Crippen molar-refractivity contribution < 1.29 is 0 Å². The number of benzene rings is 2. The molecule has 0 spiro atoms. The first kappa shape index (κ1) is 16.8. The second-order valence-electron chi connectivity index (χ2n) is 6.48. The highest BCUT2D eigenvalue weighted by Gasteiger charge is 2.25. The third-order valence-electron chi connectivity index (χ3n) is 4.86. The standard InChI is InChI=1S/C19H15Cl2N3S2/c20-12-5-6-13(21)17-16(12)23-19(26-17)24-9-7-11(8-10-24)18-22-14-3-1-2-4-15(14)25-18/h1-6,11H,7-10H2. The summed E-state index contributed by atoms with van der Waals surface area (Å²) in [6.45, 7) is 1.96. The molecule has 0 aliphatic carbocycles. The van der Waals surface area contributed by atoms with Gasteiger partial charge in [-0.25, -0.2) is 9.97 Å². The van der Waals surface area contributed by atoms with E-state index in [-0.39, 0.29) is 0 Å². The molecule has 0 atom stereocenters. The summed E-state index contributed by atoms with van der Waals surface area (Å²) in [4.78, 5) is 11.9. The van der Waals surface area contributed by atoms with Gasteiger partial charge >= 0.3 is 0 Å². The summed E-state index contributed by atoms with van der Waals surface area (Å²) in [5, 5.41) is 3.66. The molecule has 0 bridgehead atoms. The van der Waals surface area contributed by atoms with E-state index in [1.165, 1.54) is 9.71 Å². The zero-order chi connectivity index (χ0) is 17.7. The van der Waals surface area contributed by atoms with Gasteiger partial charge in [0, 0.05) is 19.0 Å². The molecule has 0 saturated carbocycles. The molecular formula is C19H15Cl2N3S2. The highest BCUT2D eigenvalue weighted by atomic mass is 35.5. The van der Waals surface area contributed by atoms with Crippen molar-refractivity contribution in [2.45, 2.75) is 18.8 Å². The summed E-state index contributed by atoms with van der Waals surface area (Å²) >= 11 is 16.1. The molecule has 3 nitrogen and oxygen atoms in total. The topological polar surface area (TPSA) is 29.0 Å². The lowest BCUT2D eigenvalue weighted by Crippen LogP contribution is -2.32. The van der Waals surface area contributed by atoms with Crippen LogP contribution in [0.4, 0.5) is 5.13 Å². The average molecular weight is 420 g/mol. The quantitative estimate of drug-likeness (QED) is 0.366. The van der Waals surface area contributed by atoms with Gasteiger partial charge in [0.05, 0.1) is 30.0 Å². The lowest BCUT2D eigenvalue weighted by Gasteiger charge is -2.30. The molecule has 1 fully saturated rings. The van der Waals surface area contributed by atoms with E-state index in [1.807, 2.05) is 23.5 Å². The molecule has 1 saturated heterocycles. The molecular weight excluding hydrogens is 405 g/mol. The van der Waals surface area contributed by atoms with Crippen LogP contribution < -0.4 is 4.90 Å². The van der Waals surface area contributed by atoms with Crippen molar-refractivity contribution in [3.8, 4) is 0 Å². The number of thiazole rings is 2. The van der Waals surface area contributed by atoms with Gasteiger partial charge in [0.25, 0.3) is 0 Å². The summed E-state index contributed by atoms with van der Waals surface area (Å²) in [6, 6.07) is 12.0. The van der Waals surface area contributed by atoms with Crippen LogP contribution in [0, 0.1) is 0 Å². The van der Waals surface area contributed by atoms with E-state index in [0.29, 0.717) is 10.9 Å². The van der Waals surface area contributed by atoms with E-state index in [0.717, 1.165) is 51.8 Å². The van der Waals surface area contributed by atoms with Crippen molar-refractivity contribution in [2.75, 3.05) is 18.0 Å². The first-order valence-corrected chi connectivity index (χ1v) is 10.9. The fourth-order valence-corrected chi connectivity index (χ4v) is 6.16. The molecule has 7 heteroatoms. The highest BCUT2D eigenvalue weighted by molar-refractivity contribution is 7.23. The lowest BCUT2D eigenvalue weighted by molar-refractivity contribution is 0.504. The number of piperidine rings is 1. The zero-order valence-electron chi connectivity index (χ0n) is 13.8. The molecule has 4 aromatic rings. The van der Waals surface area contributed by atoms with Crippen molar-refractivity contribution in [3.05, 3.63) is 51.5 Å². The third kappa shape index (κ3) is 2.87. The Bertz CT molecular complexity index is 1020. The van der Waals surface area contributed by atoms with Crippen molar-refractivity contribution in [3.63, 3.8) is 0 Å². The van der Waals surface area contributed by atoms with E-state index in [9.17, 15) is 0 Å². The van der Waals surface area contributed by atoms with Crippen LogP contribution in [-0.2, 0) is 0 Å². The first-order valence-electron chi connectivity index (χ1n) is 8.54. The Morgan fingerprint density at radius 1 is 0.923 bits per heavy atom. The van der Waals surface area contributed by atoms with Crippen LogP contribution in [-0.4, -0.2) is 23.1 Å². The van der Waals surface area contributed by atoms with Crippen LogP contribution >= 0.6 is 45.9 Å². The van der Waals surface area contributed by atoms with Gasteiger partial charge in [-0.1, -0.05) is 46.7 Å². The summed E-state index contributed by atoms with van der Waals surface area (Å²) < 4.78 is 2.25. The van der Waals surface area contributed by atoms with Crippen LogP contribution in [0.15, 0.2) is 36.4 Å². The first-order chi connectivity index (χ1) is 12.7. The fraction of sp³-hybridized carbons (Fsp3) is 0.263. The van der Waals surface area contributed by atoms with E-state index >= 15 is 0 Å². The Morgan fingerprint density at radius 2 is 1.69 bits per heavy atom. The predicted molar refractivity (Wildman–Crippen MR) is 113 cm³/mol. The minimum atomic E-state index is 0.533. The van der Waals surface area contributed by atoms with Crippen LogP contribution in [0.2, 0.25) is 10.0 Å². The number of nitrogens with zero attached hydrogens (tertiary/aromatic N) is 3. The van der Waals surface area contributed by atoms with Crippen molar-refractivity contribution >= 4 is 71.4 Å². The molecule has 3 heterocycles. The van der Waals surface area contributed by atoms with Crippen molar-refractivity contribution in [2.24, 2.45) is 0 Å². The summed E-state index contributed by atoms with van der Waals surface area (Å²) in [6.07, 6.45) is 2.19. The van der Waals surface area contributed by atoms with E-state index in [2.05, 4.69) is 29.2 Å². The predicted octanol–water partition coefficient (Wildman–Crippen LogP) is 6.60. The fourth-order valence-electron chi connectivity index (χ4n) is 3.45. The smallest absolute Gasteiger partial charge is 0.186 e. The van der Waals surface area contributed by atoms with Gasteiger partial charge in [0.2, 0.25) is 0 Å². The Hall–Kier alpha value is -1.40. The number of hydrogen-bond donors (Lipinski definition) is 0. The maximum Gasteiger partial charge on any atom is 0.186 e. The minimum absolute atomic E-state index is 0.533. The number of para-hydroxylation sites is 1. The number of hydrogen-bond acceptors (Lipinski definition) is 5. The van der Waals surface area contributed by atoms with Crippen LogP contribution in [0.1, 0.15) is 23.8 Å². The Kier molecular flexibility index (Phi) is 4.28. The molecule has 5 rings (SSSR count). The molecule has 0 radical (unpaired) electrons. The van der Waals surface area contributed by atoms with E-state index in [1.54, 1.807) is 11.3 Å². The Labute approximate surface area is 169 Å². The van der Waals surface area contributed by atoms with Gasteiger partial charge in [-0.2, -0.15) is 0 Å². The highest BCUT2D eigenvalue weighted by Crippen LogP contribution is 2.40. The van der Waals surface area contributed by atoms with Crippen molar-refractivity contribution in [1.29, 1.82) is 0 Å². The molecule has 0 unspecified atom stereocenters. The molecule has 26 heavy (non-hydrogen) atoms. The molecule has 1 aliphatic rings. The Morgan fingerprint density at radius 3 is 2.46 bits per heavy atom. The van der Waals surface area contributed by atoms with Gasteiger partial charge in [0.15, 0.2) is 5.13 Å². The second kappa shape index (κ2) is 6.64. The number of anilines is 1. The number of rotatable bonds is 2. The van der Waals surface area contributed by atoms with Crippen LogP contribution in [0.3, 0.4) is 0 Å². The van der Waals surface area contributed by atoms with E-state index in [4.69, 9.17) is 33.2 Å². The number of aromatic nitrogens is 2. The lowest BCUT2D eigenvalue weighted by atomic mass is 9.98. The van der Waals surface area contributed by atoms with Crippen LogP contribution in [0.25, 0.3) is 20.4 Å².